The van der Waals surface area contributed by atoms with E-state index in [1.54, 1.807) is 6.07 Å². The molecule has 0 bridgehead atoms. The predicted octanol–water partition coefficient (Wildman–Crippen LogP) is 2.49. The van der Waals surface area contributed by atoms with Crippen molar-refractivity contribution in [2.24, 2.45) is 0 Å². The van der Waals surface area contributed by atoms with Gasteiger partial charge in [0.1, 0.15) is 0 Å². The number of hydrogen-bond acceptors (Lipinski definition) is 2. The summed E-state index contributed by atoms with van der Waals surface area (Å²) in [6, 6.07) is 15.0. The van der Waals surface area contributed by atoms with Gasteiger partial charge in [0.05, 0.1) is 6.04 Å². The summed E-state index contributed by atoms with van der Waals surface area (Å²) >= 11 is 0. The molecule has 0 saturated heterocycles. The smallest absolute Gasteiger partial charge is 0.320 e. The standard InChI is InChI=1S/C14H13N3O/c15-10-6-7-12-11(8-10)13(17-14(18)16-12)9-4-2-1-3-5-9/h1-8,13H,15H2,(H2,16,17,18). The minimum atomic E-state index is -0.193. The Balaban J connectivity index is 2.12. The van der Waals surface area contributed by atoms with Crippen LogP contribution in [0.3, 0.4) is 0 Å². The van der Waals surface area contributed by atoms with Gasteiger partial charge < -0.3 is 16.4 Å². The fourth-order valence-corrected chi connectivity index (χ4v) is 2.21. The molecule has 0 aromatic heterocycles. The Hall–Kier alpha value is -2.49. The number of fused-ring (bicyclic) bond motifs is 1. The second kappa shape index (κ2) is 4.07. The molecule has 0 aliphatic carbocycles. The minimum Gasteiger partial charge on any atom is -0.399 e. The fraction of sp³-hybridized carbons (Fsp3) is 0.0714. The Morgan fingerprint density at radius 3 is 2.61 bits per heavy atom. The van der Waals surface area contributed by atoms with Gasteiger partial charge in [0.2, 0.25) is 0 Å². The zero-order valence-corrected chi connectivity index (χ0v) is 9.68. The molecule has 2 amide bonds. The van der Waals surface area contributed by atoms with Gasteiger partial charge in [-0.1, -0.05) is 30.3 Å². The third-order valence-corrected chi connectivity index (χ3v) is 3.04. The normalized spacial score (nSPS) is 17.6. The molecule has 1 atom stereocenters. The van der Waals surface area contributed by atoms with E-state index in [-0.39, 0.29) is 12.1 Å². The number of hydrogen-bond donors (Lipinski definition) is 3. The van der Waals surface area contributed by atoms with E-state index in [9.17, 15) is 4.79 Å². The molecule has 0 fully saturated rings. The molecular weight excluding hydrogens is 226 g/mol. The molecule has 1 heterocycles. The van der Waals surface area contributed by atoms with Crippen molar-refractivity contribution >= 4 is 17.4 Å². The van der Waals surface area contributed by atoms with Crippen LogP contribution in [-0.2, 0) is 0 Å². The van der Waals surface area contributed by atoms with Crippen LogP contribution in [0.4, 0.5) is 16.2 Å². The van der Waals surface area contributed by atoms with Gasteiger partial charge in [-0.3, -0.25) is 0 Å². The molecule has 2 aromatic rings. The van der Waals surface area contributed by atoms with Crippen molar-refractivity contribution in [3.63, 3.8) is 0 Å². The lowest BCUT2D eigenvalue weighted by Crippen LogP contribution is -2.38. The number of carbonyl (C=O) groups is 1. The molecule has 4 heteroatoms. The maximum atomic E-state index is 11.6. The predicted molar refractivity (Wildman–Crippen MR) is 71.3 cm³/mol. The number of anilines is 2. The second-order valence-corrected chi connectivity index (χ2v) is 4.29. The van der Waals surface area contributed by atoms with Gasteiger partial charge in [0.25, 0.3) is 0 Å². The van der Waals surface area contributed by atoms with Gasteiger partial charge in [-0.2, -0.15) is 0 Å². The Morgan fingerprint density at radius 2 is 1.83 bits per heavy atom. The van der Waals surface area contributed by atoms with E-state index in [0.29, 0.717) is 5.69 Å². The van der Waals surface area contributed by atoms with Gasteiger partial charge in [0, 0.05) is 16.9 Å². The molecule has 0 radical (unpaired) electrons. The maximum absolute atomic E-state index is 11.6. The van der Waals surface area contributed by atoms with Crippen LogP contribution in [0.1, 0.15) is 17.2 Å². The maximum Gasteiger partial charge on any atom is 0.320 e. The van der Waals surface area contributed by atoms with Crippen molar-refractivity contribution in [1.29, 1.82) is 0 Å². The molecule has 90 valence electrons. The molecule has 1 unspecified atom stereocenters. The van der Waals surface area contributed by atoms with Gasteiger partial charge in [-0.15, -0.1) is 0 Å². The quantitative estimate of drug-likeness (QED) is 0.669. The number of amides is 2. The van der Waals surface area contributed by atoms with Crippen LogP contribution in [-0.4, -0.2) is 6.03 Å². The highest BCUT2D eigenvalue weighted by Gasteiger charge is 2.25. The Labute approximate surface area is 105 Å². The average Bonchev–Trinajstić information content (AvgIpc) is 2.39. The van der Waals surface area contributed by atoms with Crippen LogP contribution in [0.5, 0.6) is 0 Å². The van der Waals surface area contributed by atoms with E-state index in [2.05, 4.69) is 10.6 Å². The van der Waals surface area contributed by atoms with Crippen molar-refractivity contribution in [1.82, 2.24) is 5.32 Å². The summed E-state index contributed by atoms with van der Waals surface area (Å²) in [7, 11) is 0. The molecule has 0 saturated carbocycles. The van der Waals surface area contributed by atoms with Crippen molar-refractivity contribution in [2.75, 3.05) is 11.1 Å². The van der Waals surface area contributed by atoms with Gasteiger partial charge in [-0.25, -0.2) is 4.79 Å². The molecular formula is C14H13N3O. The number of rotatable bonds is 1. The topological polar surface area (TPSA) is 67.1 Å². The Bertz CT molecular complexity index is 595. The van der Waals surface area contributed by atoms with Crippen molar-refractivity contribution in [3.8, 4) is 0 Å². The summed E-state index contributed by atoms with van der Waals surface area (Å²) < 4.78 is 0. The van der Waals surface area contributed by atoms with Crippen LogP contribution < -0.4 is 16.4 Å². The number of nitrogen functional groups attached to an aromatic ring is 1. The first-order valence-electron chi connectivity index (χ1n) is 5.76. The number of urea groups is 1. The number of nitrogens with one attached hydrogen (secondary N) is 2. The summed E-state index contributed by atoms with van der Waals surface area (Å²) in [4.78, 5) is 11.6. The van der Waals surface area contributed by atoms with Crippen molar-refractivity contribution < 1.29 is 4.79 Å². The summed E-state index contributed by atoms with van der Waals surface area (Å²) in [6.45, 7) is 0. The van der Waals surface area contributed by atoms with Crippen molar-refractivity contribution in [2.45, 2.75) is 6.04 Å². The van der Waals surface area contributed by atoms with Crippen LogP contribution in [0.2, 0.25) is 0 Å². The molecule has 3 rings (SSSR count). The SMILES string of the molecule is Nc1ccc2c(c1)C(c1ccccc1)NC(=O)N2. The second-order valence-electron chi connectivity index (χ2n) is 4.29. The lowest BCUT2D eigenvalue weighted by atomic mass is 9.95. The van der Waals surface area contributed by atoms with Gasteiger partial charge >= 0.3 is 6.03 Å². The molecule has 4 nitrogen and oxygen atoms in total. The molecule has 2 aromatic carbocycles. The highest BCUT2D eigenvalue weighted by molar-refractivity contribution is 5.93. The van der Waals surface area contributed by atoms with Crippen LogP contribution in [0.25, 0.3) is 0 Å². The number of nitrogens with two attached hydrogens (primary N) is 1. The summed E-state index contributed by atoms with van der Waals surface area (Å²) in [6.07, 6.45) is 0. The van der Waals surface area contributed by atoms with E-state index in [1.807, 2.05) is 42.5 Å². The lowest BCUT2D eigenvalue weighted by Gasteiger charge is -2.27. The third-order valence-electron chi connectivity index (χ3n) is 3.04. The zero-order valence-electron chi connectivity index (χ0n) is 9.68. The summed E-state index contributed by atoms with van der Waals surface area (Å²) in [5.74, 6) is 0. The Kier molecular flexibility index (Phi) is 2.41. The van der Waals surface area contributed by atoms with E-state index >= 15 is 0 Å². The average molecular weight is 239 g/mol. The van der Waals surface area contributed by atoms with Crippen LogP contribution in [0.15, 0.2) is 48.5 Å². The fourth-order valence-electron chi connectivity index (χ4n) is 2.21. The highest BCUT2D eigenvalue weighted by Crippen LogP contribution is 2.32. The van der Waals surface area contributed by atoms with E-state index in [0.717, 1.165) is 16.8 Å². The lowest BCUT2D eigenvalue weighted by molar-refractivity contribution is 0.249. The van der Waals surface area contributed by atoms with Gasteiger partial charge in [0.15, 0.2) is 0 Å². The summed E-state index contributed by atoms with van der Waals surface area (Å²) in [5.41, 5.74) is 9.34. The van der Waals surface area contributed by atoms with E-state index < -0.39 is 0 Å². The first-order chi connectivity index (χ1) is 8.74. The molecule has 4 N–H and O–H groups in total. The molecule has 1 aliphatic rings. The largest absolute Gasteiger partial charge is 0.399 e. The molecule has 1 aliphatic heterocycles. The van der Waals surface area contributed by atoms with Crippen LogP contribution in [0, 0.1) is 0 Å². The number of carbonyl (C=O) groups excluding carboxylic acids is 1. The minimum absolute atomic E-state index is 0.154. The number of benzene rings is 2. The summed E-state index contributed by atoms with van der Waals surface area (Å²) in [5, 5.41) is 5.69. The molecule has 18 heavy (non-hydrogen) atoms. The van der Waals surface area contributed by atoms with E-state index in [4.69, 9.17) is 5.73 Å². The third kappa shape index (κ3) is 1.78. The Morgan fingerprint density at radius 1 is 1.06 bits per heavy atom. The zero-order chi connectivity index (χ0) is 12.5. The highest BCUT2D eigenvalue weighted by atomic mass is 16.2. The molecule has 0 spiro atoms. The van der Waals surface area contributed by atoms with Crippen molar-refractivity contribution in [3.05, 3.63) is 59.7 Å². The first kappa shape index (κ1) is 10.7. The van der Waals surface area contributed by atoms with Gasteiger partial charge in [-0.05, 0) is 23.8 Å². The van der Waals surface area contributed by atoms with E-state index in [1.165, 1.54) is 0 Å². The van der Waals surface area contributed by atoms with Crippen LogP contribution >= 0.6 is 0 Å². The first-order valence-corrected chi connectivity index (χ1v) is 5.76. The monoisotopic (exact) mass is 239 g/mol.